The van der Waals surface area contributed by atoms with E-state index in [1.165, 1.54) is 32.1 Å². The SMILES string of the molecule is COC1(c2cc(Cc3ccc(C(C)=O)cc3)cc(O[Si](C)(C)C(C)(C)C)c2)OOC12C1CC3CC(C1)CC2C3. The molecule has 0 N–H and O–H groups in total. The van der Waals surface area contributed by atoms with Crippen molar-refractivity contribution in [1.82, 2.24) is 0 Å². The van der Waals surface area contributed by atoms with Crippen LogP contribution in [-0.2, 0) is 26.7 Å². The maximum absolute atomic E-state index is 11.8. The molecule has 4 bridgehead atoms. The first-order valence-corrected chi connectivity index (χ1v) is 17.6. The quantitative estimate of drug-likeness (QED) is 0.201. The average Bonchev–Trinajstić information content (AvgIpc) is 2.83. The summed E-state index contributed by atoms with van der Waals surface area (Å²) in [7, 11) is -0.315. The third-order valence-corrected chi connectivity index (χ3v) is 15.1. The van der Waals surface area contributed by atoms with Gasteiger partial charge in [0.1, 0.15) is 5.75 Å². The molecule has 4 aliphatic carbocycles. The van der Waals surface area contributed by atoms with E-state index < -0.39 is 19.7 Å². The van der Waals surface area contributed by atoms with Crippen LogP contribution in [-0.4, -0.2) is 26.8 Å². The molecule has 1 spiro atoms. The van der Waals surface area contributed by atoms with Crippen LogP contribution in [0.5, 0.6) is 5.75 Å². The van der Waals surface area contributed by atoms with Gasteiger partial charge in [0.2, 0.25) is 8.32 Å². The molecule has 0 aromatic heterocycles. The Morgan fingerprint density at radius 1 is 0.923 bits per heavy atom. The summed E-state index contributed by atoms with van der Waals surface area (Å²) in [6, 6.07) is 14.5. The fraction of sp³-hybridized carbons (Fsp3) is 0.606. The largest absolute Gasteiger partial charge is 0.543 e. The Kier molecular flexibility index (Phi) is 6.46. The maximum atomic E-state index is 11.8. The minimum atomic E-state index is -2.09. The molecule has 2 aromatic carbocycles. The number of benzene rings is 2. The molecule has 0 radical (unpaired) electrons. The van der Waals surface area contributed by atoms with Gasteiger partial charge >= 0.3 is 0 Å². The zero-order valence-electron chi connectivity index (χ0n) is 24.6. The van der Waals surface area contributed by atoms with Crippen LogP contribution in [0.3, 0.4) is 0 Å². The van der Waals surface area contributed by atoms with Crippen LogP contribution in [0.4, 0.5) is 0 Å². The summed E-state index contributed by atoms with van der Waals surface area (Å²) >= 11 is 0. The molecule has 5 fully saturated rings. The Bertz CT molecular complexity index is 1230. The van der Waals surface area contributed by atoms with Crippen molar-refractivity contribution in [2.24, 2.45) is 23.7 Å². The number of ether oxygens (including phenoxy) is 1. The van der Waals surface area contributed by atoms with E-state index in [0.29, 0.717) is 11.8 Å². The third-order valence-electron chi connectivity index (χ3n) is 10.7. The van der Waals surface area contributed by atoms with Crippen LogP contribution in [0.2, 0.25) is 18.1 Å². The first-order valence-electron chi connectivity index (χ1n) is 14.7. The number of ketones is 1. The molecule has 1 aliphatic heterocycles. The highest BCUT2D eigenvalue weighted by Crippen LogP contribution is 2.69. The smallest absolute Gasteiger partial charge is 0.260 e. The molecule has 39 heavy (non-hydrogen) atoms. The van der Waals surface area contributed by atoms with Gasteiger partial charge in [0, 0.05) is 18.2 Å². The van der Waals surface area contributed by atoms with E-state index in [1.54, 1.807) is 14.0 Å². The molecular weight excluding hydrogens is 504 g/mol. The molecule has 4 saturated carbocycles. The second-order valence-corrected chi connectivity index (χ2v) is 19.0. The number of hydrogen-bond acceptors (Lipinski definition) is 5. The van der Waals surface area contributed by atoms with Gasteiger partial charge in [-0.3, -0.25) is 4.79 Å². The molecule has 1 saturated heterocycles. The number of Topliss-reactive ketones (excluding diaryl/α,β-unsaturated/α-hetero) is 1. The number of carbonyl (C=O) groups is 1. The first-order chi connectivity index (χ1) is 18.4. The summed E-state index contributed by atoms with van der Waals surface area (Å²) in [6.45, 7) is 13.0. The number of methoxy groups -OCH3 is 1. The van der Waals surface area contributed by atoms with Crippen LogP contribution in [0.1, 0.15) is 86.8 Å². The molecule has 1 unspecified atom stereocenters. The highest BCUT2D eigenvalue weighted by molar-refractivity contribution is 6.74. The Morgan fingerprint density at radius 3 is 2.03 bits per heavy atom. The van der Waals surface area contributed by atoms with Crippen molar-refractivity contribution in [3.05, 3.63) is 64.7 Å². The monoisotopic (exact) mass is 548 g/mol. The Hall–Kier alpha value is -1.99. The van der Waals surface area contributed by atoms with E-state index in [-0.39, 0.29) is 10.8 Å². The molecule has 5 nitrogen and oxygen atoms in total. The lowest BCUT2D eigenvalue weighted by molar-refractivity contribution is -0.645. The Labute approximate surface area is 234 Å². The van der Waals surface area contributed by atoms with Gasteiger partial charge in [-0.2, -0.15) is 4.89 Å². The minimum Gasteiger partial charge on any atom is -0.543 e. The van der Waals surface area contributed by atoms with Crippen LogP contribution >= 0.6 is 0 Å². The van der Waals surface area contributed by atoms with E-state index >= 15 is 0 Å². The molecular formula is C33H44O5Si. The number of rotatable bonds is 7. The summed E-state index contributed by atoms with van der Waals surface area (Å²) in [5, 5.41) is 0.0728. The minimum absolute atomic E-state index is 0.0728. The van der Waals surface area contributed by atoms with E-state index in [4.69, 9.17) is 18.9 Å². The van der Waals surface area contributed by atoms with Crippen molar-refractivity contribution in [2.75, 3.05) is 7.11 Å². The fourth-order valence-electron chi connectivity index (χ4n) is 7.91. The van der Waals surface area contributed by atoms with Crippen molar-refractivity contribution in [3.8, 4) is 5.75 Å². The predicted molar refractivity (Wildman–Crippen MR) is 154 cm³/mol. The van der Waals surface area contributed by atoms with Gasteiger partial charge in [-0.1, -0.05) is 45.0 Å². The standard InChI is InChI=1S/C33H44O5Si/c1-21(34)26-10-8-22(9-11-26)12-25-18-29(20-30(19-25)36-39(6,7)31(2,3)4)33(35-5)32(37-38-33)27-14-23-13-24(16-27)17-28(32)15-23/h8-11,18-20,23-24,27-28H,12-17H2,1-7H3. The zero-order chi connectivity index (χ0) is 27.8. The van der Waals surface area contributed by atoms with Crippen LogP contribution < -0.4 is 4.43 Å². The highest BCUT2D eigenvalue weighted by Gasteiger charge is 2.76. The second kappa shape index (κ2) is 9.27. The molecule has 210 valence electrons. The zero-order valence-corrected chi connectivity index (χ0v) is 25.6. The van der Waals surface area contributed by atoms with Crippen molar-refractivity contribution >= 4 is 14.1 Å². The highest BCUT2D eigenvalue weighted by atomic mass is 28.4. The lowest BCUT2D eigenvalue weighted by atomic mass is 9.47. The van der Waals surface area contributed by atoms with Gasteiger partial charge in [-0.15, -0.1) is 0 Å². The molecule has 1 atom stereocenters. The molecule has 1 heterocycles. The van der Waals surface area contributed by atoms with Gasteiger partial charge in [0.15, 0.2) is 11.4 Å². The summed E-state index contributed by atoms with van der Waals surface area (Å²) in [4.78, 5) is 24.2. The van der Waals surface area contributed by atoms with Gasteiger partial charge in [0.25, 0.3) is 5.79 Å². The van der Waals surface area contributed by atoms with E-state index in [1.807, 2.05) is 24.3 Å². The molecule has 6 heteroatoms. The predicted octanol–water partition coefficient (Wildman–Crippen LogP) is 7.82. The Balaban J connectivity index is 1.41. The van der Waals surface area contributed by atoms with Gasteiger partial charge < -0.3 is 9.16 Å². The lowest BCUT2D eigenvalue weighted by Crippen LogP contribution is -2.76. The van der Waals surface area contributed by atoms with E-state index in [2.05, 4.69) is 52.1 Å². The summed E-state index contributed by atoms with van der Waals surface area (Å²) < 4.78 is 13.3. The normalized spacial score (nSPS) is 33.3. The third kappa shape index (κ3) is 4.25. The van der Waals surface area contributed by atoms with Crippen LogP contribution in [0, 0.1) is 23.7 Å². The van der Waals surface area contributed by atoms with Crippen molar-refractivity contribution in [1.29, 1.82) is 0 Å². The second-order valence-electron chi connectivity index (χ2n) is 14.2. The van der Waals surface area contributed by atoms with Crippen molar-refractivity contribution in [2.45, 2.75) is 95.7 Å². The van der Waals surface area contributed by atoms with E-state index in [9.17, 15) is 4.79 Å². The first kappa shape index (κ1) is 27.2. The van der Waals surface area contributed by atoms with Gasteiger partial charge in [-0.25, -0.2) is 4.89 Å². The molecule has 0 amide bonds. The van der Waals surface area contributed by atoms with Gasteiger partial charge in [0.05, 0.1) is 0 Å². The summed E-state index contributed by atoms with van der Waals surface area (Å²) in [5.41, 5.74) is 3.58. The number of hydrogen-bond donors (Lipinski definition) is 0. The topological polar surface area (TPSA) is 54.0 Å². The van der Waals surface area contributed by atoms with Crippen molar-refractivity contribution < 1.29 is 23.7 Å². The summed E-state index contributed by atoms with van der Waals surface area (Å²) in [6.07, 6.45) is 6.93. The Morgan fingerprint density at radius 2 is 1.54 bits per heavy atom. The maximum Gasteiger partial charge on any atom is 0.260 e. The van der Waals surface area contributed by atoms with E-state index in [0.717, 1.165) is 46.3 Å². The van der Waals surface area contributed by atoms with Gasteiger partial charge in [-0.05, 0) is 117 Å². The summed E-state index contributed by atoms with van der Waals surface area (Å²) in [5.74, 6) is 2.57. The molecule has 7 rings (SSSR count). The van der Waals surface area contributed by atoms with Crippen LogP contribution in [0.25, 0.3) is 0 Å². The number of carbonyl (C=O) groups excluding carboxylic acids is 1. The molecule has 2 aromatic rings. The van der Waals surface area contributed by atoms with Crippen molar-refractivity contribution in [3.63, 3.8) is 0 Å². The molecule has 5 aliphatic rings. The fourth-order valence-corrected chi connectivity index (χ4v) is 8.92. The van der Waals surface area contributed by atoms with Crippen LogP contribution in [0.15, 0.2) is 42.5 Å². The lowest BCUT2D eigenvalue weighted by Gasteiger charge is -2.68. The average molecular weight is 549 g/mol.